The van der Waals surface area contributed by atoms with Gasteiger partial charge in [-0.25, -0.2) is 0 Å². The van der Waals surface area contributed by atoms with Gasteiger partial charge in [-0.3, -0.25) is 9.59 Å². The molecule has 0 bridgehead atoms. The van der Waals surface area contributed by atoms with Gasteiger partial charge in [0.15, 0.2) is 0 Å². The average molecular weight is 783 g/mol. The van der Waals surface area contributed by atoms with Crippen LogP contribution in [0, 0.1) is 25.2 Å². The highest BCUT2D eigenvalue weighted by Crippen LogP contribution is 2.34. The number of carbonyl (C=O) groups is 2. The standard InChI is InChI=1S/C23H38O3.C18H29O3P.6CH4/c1-5-7-8-9-10-11-12-13-21-14-16-22(17-15-21)26-20(4)18-25-23(24)19(3)6-2;1-7-18(5,6)17(19)21-9-8-20-16-13(3)10-12(2)11-15(16)14(4)22;;;;;;/h14-17,19-20H,5-13,18H2,1-4H3;10-11,14H,7-9,22H2,1-6H3;6*1H4/t19-,20?;;;;;;;/m0......./s1. The Labute approximate surface area is 339 Å². The SMILES string of the molecule is C.C.C.C.C.C.CCC(C)(C)C(=O)OCCOc1c(C)cc(C)cc1C(C)P.CCCCCCCCCc1ccc(OC(C)COC(=O)[C@@H](C)CC)cc1. The van der Waals surface area contributed by atoms with Crippen LogP contribution in [0.3, 0.4) is 0 Å². The van der Waals surface area contributed by atoms with Crippen LogP contribution in [0.2, 0.25) is 0 Å². The van der Waals surface area contributed by atoms with Crippen LogP contribution < -0.4 is 9.47 Å². The van der Waals surface area contributed by atoms with Crippen LogP contribution in [-0.4, -0.2) is 37.9 Å². The molecule has 54 heavy (non-hydrogen) atoms. The molecule has 0 saturated carbocycles. The van der Waals surface area contributed by atoms with Gasteiger partial charge in [0.1, 0.15) is 37.4 Å². The number of carbonyl (C=O) groups excluding carboxylic acids is 2. The maximum atomic E-state index is 11.9. The van der Waals surface area contributed by atoms with Crippen molar-refractivity contribution >= 4 is 21.2 Å². The summed E-state index contributed by atoms with van der Waals surface area (Å²) in [4.78, 5) is 23.6. The van der Waals surface area contributed by atoms with Crippen molar-refractivity contribution in [1.29, 1.82) is 0 Å². The van der Waals surface area contributed by atoms with Crippen molar-refractivity contribution in [1.82, 2.24) is 0 Å². The number of esters is 2. The van der Waals surface area contributed by atoms with Gasteiger partial charge in [0.05, 0.1) is 11.3 Å². The Hall–Kier alpha value is -2.59. The van der Waals surface area contributed by atoms with Crippen LogP contribution in [0.5, 0.6) is 11.5 Å². The molecule has 2 rings (SSSR count). The Bertz CT molecular complexity index is 1190. The van der Waals surface area contributed by atoms with E-state index in [0.717, 1.165) is 36.3 Å². The fourth-order valence-electron chi connectivity index (χ4n) is 4.94. The van der Waals surface area contributed by atoms with Crippen LogP contribution in [0.15, 0.2) is 36.4 Å². The molecule has 3 unspecified atom stereocenters. The van der Waals surface area contributed by atoms with Gasteiger partial charge in [-0.05, 0) is 89.2 Å². The van der Waals surface area contributed by atoms with Gasteiger partial charge in [-0.2, -0.15) is 0 Å². The summed E-state index contributed by atoms with van der Waals surface area (Å²) in [7, 11) is 2.80. The Morgan fingerprint density at radius 2 is 1.31 bits per heavy atom. The first-order chi connectivity index (χ1) is 22.7. The summed E-state index contributed by atoms with van der Waals surface area (Å²) in [6.45, 7) is 21.0. The predicted octanol–water partition coefficient (Wildman–Crippen LogP) is 14.8. The monoisotopic (exact) mass is 783 g/mol. The number of hydrogen-bond donors (Lipinski definition) is 0. The van der Waals surface area contributed by atoms with Crippen molar-refractivity contribution in [3.63, 3.8) is 0 Å². The third-order valence-corrected chi connectivity index (χ3v) is 9.10. The summed E-state index contributed by atoms with van der Waals surface area (Å²) in [5.74, 6) is 1.37. The highest BCUT2D eigenvalue weighted by molar-refractivity contribution is 7.17. The molecule has 320 valence electrons. The molecule has 2 aromatic rings. The molecule has 0 aliphatic rings. The second kappa shape index (κ2) is 34.9. The van der Waals surface area contributed by atoms with E-state index in [9.17, 15) is 9.59 Å². The first kappa shape index (κ1) is 63.4. The minimum absolute atomic E-state index is 0. The second-order valence-corrected chi connectivity index (χ2v) is 14.9. The predicted molar refractivity (Wildman–Crippen MR) is 244 cm³/mol. The molecule has 7 heteroatoms. The van der Waals surface area contributed by atoms with E-state index in [1.165, 1.54) is 61.6 Å². The van der Waals surface area contributed by atoms with E-state index in [0.29, 0.717) is 18.9 Å². The third kappa shape index (κ3) is 25.5. The summed E-state index contributed by atoms with van der Waals surface area (Å²) >= 11 is 0. The molecule has 0 heterocycles. The van der Waals surface area contributed by atoms with Gasteiger partial charge in [0.2, 0.25) is 0 Å². The molecular weight excluding hydrogens is 691 g/mol. The number of benzene rings is 2. The third-order valence-electron chi connectivity index (χ3n) is 8.74. The van der Waals surface area contributed by atoms with E-state index in [1.54, 1.807) is 0 Å². The van der Waals surface area contributed by atoms with Crippen molar-refractivity contribution in [3.05, 3.63) is 58.7 Å². The van der Waals surface area contributed by atoms with Crippen molar-refractivity contribution in [2.75, 3.05) is 19.8 Å². The van der Waals surface area contributed by atoms with E-state index in [1.807, 2.05) is 60.6 Å². The Morgan fingerprint density at radius 1 is 0.759 bits per heavy atom. The van der Waals surface area contributed by atoms with Crippen molar-refractivity contribution < 1.29 is 28.5 Å². The van der Waals surface area contributed by atoms with E-state index in [4.69, 9.17) is 18.9 Å². The lowest BCUT2D eigenvalue weighted by atomic mass is 9.91. The molecule has 0 N–H and O–H groups in total. The van der Waals surface area contributed by atoms with Crippen LogP contribution in [0.1, 0.15) is 186 Å². The summed E-state index contributed by atoms with van der Waals surface area (Å²) in [6, 6.07) is 12.6. The second-order valence-electron chi connectivity index (χ2n) is 13.9. The maximum absolute atomic E-state index is 11.9. The Kier molecular flexibility index (Phi) is 40.9. The molecule has 0 aromatic heterocycles. The lowest BCUT2D eigenvalue weighted by Crippen LogP contribution is -2.27. The first-order valence-electron chi connectivity index (χ1n) is 18.3. The summed E-state index contributed by atoms with van der Waals surface area (Å²) < 4.78 is 22.3. The summed E-state index contributed by atoms with van der Waals surface area (Å²) in [5.41, 5.74) is 4.76. The summed E-state index contributed by atoms with van der Waals surface area (Å²) in [5, 5.41) is 0. The van der Waals surface area contributed by atoms with Crippen molar-refractivity contribution in [2.45, 2.75) is 190 Å². The molecule has 0 aliphatic carbocycles. The maximum Gasteiger partial charge on any atom is 0.311 e. The van der Waals surface area contributed by atoms with Crippen LogP contribution >= 0.6 is 9.24 Å². The van der Waals surface area contributed by atoms with E-state index >= 15 is 0 Å². The average Bonchev–Trinajstić information content (AvgIpc) is 3.06. The largest absolute Gasteiger partial charge is 0.489 e. The van der Waals surface area contributed by atoms with Gasteiger partial charge >= 0.3 is 11.9 Å². The fourth-order valence-corrected chi connectivity index (χ4v) is 5.18. The van der Waals surface area contributed by atoms with Crippen LogP contribution in [-0.2, 0) is 25.5 Å². The smallest absolute Gasteiger partial charge is 0.311 e. The molecule has 0 amide bonds. The van der Waals surface area contributed by atoms with Gasteiger partial charge in [-0.15, -0.1) is 9.24 Å². The Balaban J connectivity index is -0.000000194. The van der Waals surface area contributed by atoms with Gasteiger partial charge in [0, 0.05) is 5.56 Å². The number of unbranched alkanes of at least 4 members (excludes halogenated alkanes) is 6. The minimum Gasteiger partial charge on any atom is -0.489 e. The fraction of sp³-hybridized carbons (Fsp3) is 0.702. The molecule has 2 aromatic carbocycles. The molecule has 0 fully saturated rings. The molecule has 4 atom stereocenters. The molecule has 0 saturated heterocycles. The lowest BCUT2D eigenvalue weighted by Gasteiger charge is -2.21. The zero-order chi connectivity index (χ0) is 36.1. The van der Waals surface area contributed by atoms with E-state index < -0.39 is 5.41 Å². The molecular formula is C47H91O6P. The molecule has 0 aliphatic heterocycles. The zero-order valence-electron chi connectivity index (χ0n) is 31.9. The van der Waals surface area contributed by atoms with Crippen molar-refractivity contribution in [3.8, 4) is 11.5 Å². The van der Waals surface area contributed by atoms with Crippen LogP contribution in [0.25, 0.3) is 0 Å². The highest BCUT2D eigenvalue weighted by Gasteiger charge is 2.27. The first-order valence-corrected chi connectivity index (χ1v) is 19.0. The zero-order valence-corrected chi connectivity index (χ0v) is 33.1. The van der Waals surface area contributed by atoms with Gasteiger partial charge in [0.25, 0.3) is 0 Å². The van der Waals surface area contributed by atoms with E-state index in [-0.39, 0.29) is 75.1 Å². The minimum atomic E-state index is -0.431. The Morgan fingerprint density at radius 3 is 1.83 bits per heavy atom. The van der Waals surface area contributed by atoms with E-state index in [2.05, 4.69) is 54.3 Å². The molecule has 0 spiro atoms. The number of hydrogen-bond acceptors (Lipinski definition) is 6. The van der Waals surface area contributed by atoms with Crippen LogP contribution in [0.4, 0.5) is 0 Å². The number of rotatable bonds is 21. The molecule has 6 nitrogen and oxygen atoms in total. The number of ether oxygens (including phenoxy) is 4. The molecule has 0 radical (unpaired) electrons. The topological polar surface area (TPSA) is 71.1 Å². The highest BCUT2D eigenvalue weighted by atomic mass is 31.0. The van der Waals surface area contributed by atoms with Gasteiger partial charge in [-0.1, -0.05) is 148 Å². The van der Waals surface area contributed by atoms with Gasteiger partial charge < -0.3 is 18.9 Å². The lowest BCUT2D eigenvalue weighted by molar-refractivity contribution is -0.154. The summed E-state index contributed by atoms with van der Waals surface area (Å²) in [6.07, 6.45) is 11.9. The van der Waals surface area contributed by atoms with Crippen molar-refractivity contribution in [2.24, 2.45) is 11.3 Å². The normalized spacial score (nSPS) is 11.6. The quantitative estimate of drug-likeness (QED) is 0.0713. The number of aryl methyl sites for hydroxylation is 3.